The van der Waals surface area contributed by atoms with Gasteiger partial charge in [-0.2, -0.15) is 0 Å². The summed E-state index contributed by atoms with van der Waals surface area (Å²) in [4.78, 5) is 11.6. The Bertz CT molecular complexity index is 589. The van der Waals surface area contributed by atoms with Gasteiger partial charge in [0.25, 0.3) is 5.91 Å². The molecule has 0 radical (unpaired) electrons. The lowest BCUT2D eigenvalue weighted by Gasteiger charge is -2.03. The van der Waals surface area contributed by atoms with E-state index in [1.807, 2.05) is 0 Å². The molecule has 20 heavy (non-hydrogen) atoms. The highest BCUT2D eigenvalue weighted by Gasteiger charge is 2.10. The van der Waals surface area contributed by atoms with Gasteiger partial charge in [0.2, 0.25) is 0 Å². The molecule has 0 saturated heterocycles. The fraction of sp³-hybridized carbons (Fsp3) is 0.133. The van der Waals surface area contributed by atoms with E-state index in [-0.39, 0.29) is 24.1 Å². The zero-order chi connectivity index (χ0) is 14.4. The first-order valence-electron chi connectivity index (χ1n) is 6.05. The summed E-state index contributed by atoms with van der Waals surface area (Å²) >= 11 is 0. The SMILES string of the molecule is C=CCNC(=O)c1ccc(COc2ccc(F)cc2)o1. The molecule has 0 unspecified atom stereocenters. The van der Waals surface area contributed by atoms with Gasteiger partial charge in [-0.25, -0.2) is 4.39 Å². The van der Waals surface area contributed by atoms with Crippen LogP contribution in [0.2, 0.25) is 0 Å². The van der Waals surface area contributed by atoms with Crippen molar-refractivity contribution in [2.45, 2.75) is 6.61 Å². The van der Waals surface area contributed by atoms with Crippen molar-refractivity contribution in [1.82, 2.24) is 5.32 Å². The molecule has 4 nitrogen and oxygen atoms in total. The van der Waals surface area contributed by atoms with Gasteiger partial charge < -0.3 is 14.5 Å². The number of benzene rings is 1. The third-order valence-corrected chi connectivity index (χ3v) is 2.49. The molecule has 2 rings (SSSR count). The number of nitrogens with one attached hydrogen (secondary N) is 1. The quantitative estimate of drug-likeness (QED) is 0.825. The summed E-state index contributed by atoms with van der Waals surface area (Å²) in [5, 5.41) is 2.61. The Morgan fingerprint density at radius 3 is 2.75 bits per heavy atom. The maximum absolute atomic E-state index is 12.7. The fourth-order valence-corrected chi connectivity index (χ4v) is 1.51. The first-order valence-corrected chi connectivity index (χ1v) is 6.05. The van der Waals surface area contributed by atoms with E-state index in [1.165, 1.54) is 24.3 Å². The molecule has 0 bridgehead atoms. The van der Waals surface area contributed by atoms with Crippen LogP contribution < -0.4 is 10.1 Å². The van der Waals surface area contributed by atoms with Crippen LogP contribution in [-0.4, -0.2) is 12.5 Å². The topological polar surface area (TPSA) is 51.5 Å². The first-order chi connectivity index (χ1) is 9.69. The fourth-order valence-electron chi connectivity index (χ4n) is 1.51. The van der Waals surface area contributed by atoms with E-state index in [4.69, 9.17) is 9.15 Å². The third-order valence-electron chi connectivity index (χ3n) is 2.49. The van der Waals surface area contributed by atoms with Gasteiger partial charge in [-0.15, -0.1) is 6.58 Å². The van der Waals surface area contributed by atoms with Crippen molar-refractivity contribution in [3.05, 3.63) is 66.4 Å². The van der Waals surface area contributed by atoms with Crippen molar-refractivity contribution in [2.75, 3.05) is 6.54 Å². The van der Waals surface area contributed by atoms with Gasteiger partial charge >= 0.3 is 0 Å². The monoisotopic (exact) mass is 275 g/mol. The van der Waals surface area contributed by atoms with Crippen molar-refractivity contribution in [3.63, 3.8) is 0 Å². The van der Waals surface area contributed by atoms with Gasteiger partial charge in [0.15, 0.2) is 5.76 Å². The normalized spacial score (nSPS) is 10.1. The van der Waals surface area contributed by atoms with Crippen LogP contribution in [0, 0.1) is 5.82 Å². The molecule has 2 aromatic rings. The minimum Gasteiger partial charge on any atom is -0.486 e. The van der Waals surface area contributed by atoms with E-state index >= 15 is 0 Å². The maximum atomic E-state index is 12.7. The standard InChI is InChI=1S/C15H14FNO3/c1-2-9-17-15(18)14-8-7-13(20-14)10-19-12-5-3-11(16)4-6-12/h2-8H,1,9-10H2,(H,17,18). The molecular weight excluding hydrogens is 261 g/mol. The molecule has 1 aromatic heterocycles. The predicted octanol–water partition coefficient (Wildman–Crippen LogP) is 2.91. The summed E-state index contributed by atoms with van der Waals surface area (Å²) in [6.07, 6.45) is 1.58. The molecule has 0 spiro atoms. The molecule has 1 aromatic carbocycles. The molecule has 1 amide bonds. The summed E-state index contributed by atoms with van der Waals surface area (Å²) in [6.45, 7) is 4.05. The van der Waals surface area contributed by atoms with Crippen molar-refractivity contribution in [3.8, 4) is 5.75 Å². The number of hydrogen-bond donors (Lipinski definition) is 1. The number of rotatable bonds is 6. The van der Waals surface area contributed by atoms with E-state index in [0.717, 1.165) is 0 Å². The second kappa shape index (κ2) is 6.56. The van der Waals surface area contributed by atoms with Crippen LogP contribution in [0.4, 0.5) is 4.39 Å². The Balaban J connectivity index is 1.91. The van der Waals surface area contributed by atoms with Crippen LogP contribution in [0.15, 0.2) is 53.5 Å². The average molecular weight is 275 g/mol. The molecule has 0 aliphatic rings. The smallest absolute Gasteiger partial charge is 0.287 e. The van der Waals surface area contributed by atoms with E-state index < -0.39 is 0 Å². The zero-order valence-corrected chi connectivity index (χ0v) is 10.8. The Morgan fingerprint density at radius 1 is 1.30 bits per heavy atom. The van der Waals surface area contributed by atoms with Crippen molar-refractivity contribution < 1.29 is 18.3 Å². The number of hydrogen-bond acceptors (Lipinski definition) is 3. The average Bonchev–Trinajstić information content (AvgIpc) is 2.93. The highest BCUT2D eigenvalue weighted by molar-refractivity contribution is 5.91. The molecular formula is C15H14FNO3. The second-order valence-corrected chi connectivity index (χ2v) is 4.01. The number of carbonyl (C=O) groups excluding carboxylic acids is 1. The summed E-state index contributed by atoms with van der Waals surface area (Å²) in [5.41, 5.74) is 0. The first kappa shape index (κ1) is 13.9. The van der Waals surface area contributed by atoms with Crippen molar-refractivity contribution in [2.24, 2.45) is 0 Å². The van der Waals surface area contributed by atoms with E-state index in [1.54, 1.807) is 18.2 Å². The largest absolute Gasteiger partial charge is 0.486 e. The Hall–Kier alpha value is -2.56. The predicted molar refractivity (Wildman–Crippen MR) is 72.0 cm³/mol. The number of carbonyl (C=O) groups is 1. The van der Waals surface area contributed by atoms with Gasteiger partial charge in [-0.1, -0.05) is 6.08 Å². The lowest BCUT2D eigenvalue weighted by molar-refractivity contribution is 0.0926. The molecule has 0 saturated carbocycles. The van der Waals surface area contributed by atoms with Gasteiger partial charge in [-0.05, 0) is 36.4 Å². The summed E-state index contributed by atoms with van der Waals surface area (Å²) in [6, 6.07) is 8.90. The van der Waals surface area contributed by atoms with Gasteiger partial charge in [0.1, 0.15) is 23.9 Å². The molecule has 104 valence electrons. The van der Waals surface area contributed by atoms with Gasteiger partial charge in [0, 0.05) is 6.54 Å². The number of ether oxygens (including phenoxy) is 1. The van der Waals surface area contributed by atoms with Gasteiger partial charge in [0.05, 0.1) is 0 Å². The Labute approximate surface area is 115 Å². The Kier molecular flexibility index (Phi) is 4.55. The van der Waals surface area contributed by atoms with Crippen molar-refractivity contribution >= 4 is 5.91 Å². The minimum atomic E-state index is -0.323. The van der Waals surface area contributed by atoms with Crippen LogP contribution in [0.5, 0.6) is 5.75 Å². The highest BCUT2D eigenvalue weighted by Crippen LogP contribution is 2.15. The number of furan rings is 1. The molecule has 1 N–H and O–H groups in total. The maximum Gasteiger partial charge on any atom is 0.287 e. The zero-order valence-electron chi connectivity index (χ0n) is 10.8. The summed E-state index contributed by atoms with van der Waals surface area (Å²) < 4.78 is 23.5. The van der Waals surface area contributed by atoms with Crippen LogP contribution in [0.25, 0.3) is 0 Å². The van der Waals surface area contributed by atoms with Gasteiger partial charge in [-0.3, -0.25) is 4.79 Å². The van der Waals surface area contributed by atoms with Crippen LogP contribution in [0.1, 0.15) is 16.3 Å². The Morgan fingerprint density at radius 2 is 2.05 bits per heavy atom. The van der Waals surface area contributed by atoms with Crippen LogP contribution in [-0.2, 0) is 6.61 Å². The van der Waals surface area contributed by atoms with Crippen LogP contribution >= 0.6 is 0 Å². The van der Waals surface area contributed by atoms with E-state index in [0.29, 0.717) is 18.1 Å². The molecule has 1 heterocycles. The minimum absolute atomic E-state index is 0.167. The second-order valence-electron chi connectivity index (χ2n) is 4.01. The molecule has 0 aliphatic carbocycles. The van der Waals surface area contributed by atoms with Crippen molar-refractivity contribution in [1.29, 1.82) is 0 Å². The van der Waals surface area contributed by atoms with E-state index in [9.17, 15) is 9.18 Å². The number of halogens is 1. The molecule has 0 aliphatic heterocycles. The molecule has 0 atom stereocenters. The van der Waals surface area contributed by atoms with Crippen LogP contribution in [0.3, 0.4) is 0 Å². The number of amides is 1. The third kappa shape index (κ3) is 3.71. The lowest BCUT2D eigenvalue weighted by atomic mass is 10.3. The molecule has 5 heteroatoms. The lowest BCUT2D eigenvalue weighted by Crippen LogP contribution is -2.22. The summed E-state index contributed by atoms with van der Waals surface area (Å²) in [5.74, 6) is 0.623. The summed E-state index contributed by atoms with van der Waals surface area (Å²) in [7, 11) is 0. The highest BCUT2D eigenvalue weighted by atomic mass is 19.1. The molecule has 0 fully saturated rings. The van der Waals surface area contributed by atoms with E-state index in [2.05, 4.69) is 11.9 Å².